The van der Waals surface area contributed by atoms with Crippen LogP contribution in [-0.2, 0) is 0 Å². The molecule has 2 unspecified atom stereocenters. The maximum Gasteiger partial charge on any atom is 0.164 e. The van der Waals surface area contributed by atoms with Crippen LogP contribution in [0.25, 0.3) is 72.4 Å². The van der Waals surface area contributed by atoms with Crippen LogP contribution >= 0.6 is 0 Å². The Hall–Kier alpha value is -6.65. The van der Waals surface area contributed by atoms with E-state index in [-0.39, 0.29) is 12.0 Å². The number of nitrogens with zero attached hydrogens (tertiary/aromatic N) is 3. The zero-order chi connectivity index (χ0) is 33.7. The molecule has 0 amide bonds. The fourth-order valence-corrected chi connectivity index (χ4v) is 7.46. The zero-order valence-corrected chi connectivity index (χ0v) is 27.6. The summed E-state index contributed by atoms with van der Waals surface area (Å²) in [6.07, 6.45) is 6.47. The minimum atomic E-state index is 0.00491. The highest BCUT2D eigenvalue weighted by Gasteiger charge is 2.36. The van der Waals surface area contributed by atoms with Crippen LogP contribution in [0.3, 0.4) is 0 Å². The number of aromatic nitrogens is 3. The minimum absolute atomic E-state index is 0.00491. The van der Waals surface area contributed by atoms with Crippen molar-refractivity contribution in [2.45, 2.75) is 12.0 Å². The van der Waals surface area contributed by atoms with Crippen molar-refractivity contribution in [3.05, 3.63) is 187 Å². The quantitative estimate of drug-likeness (QED) is 0.185. The Morgan fingerprint density at radius 3 is 1.57 bits per heavy atom. The predicted octanol–water partition coefficient (Wildman–Crippen LogP) is 11.3. The van der Waals surface area contributed by atoms with Crippen molar-refractivity contribution in [2.24, 2.45) is 0 Å². The van der Waals surface area contributed by atoms with Gasteiger partial charge in [-0.15, -0.1) is 0 Å². The number of benzene rings is 7. The van der Waals surface area contributed by atoms with Crippen LogP contribution in [0.4, 0.5) is 0 Å². The number of allylic oxidation sites excluding steroid dienone is 2. The summed E-state index contributed by atoms with van der Waals surface area (Å²) in [6.45, 7) is 0. The second kappa shape index (κ2) is 12.0. The van der Waals surface area contributed by atoms with Gasteiger partial charge in [0.1, 0.15) is 11.9 Å². The Kier molecular flexibility index (Phi) is 6.91. The molecule has 51 heavy (non-hydrogen) atoms. The molecule has 1 aliphatic carbocycles. The third-order valence-electron chi connectivity index (χ3n) is 10.1. The van der Waals surface area contributed by atoms with Crippen LogP contribution in [0.2, 0.25) is 0 Å². The minimum Gasteiger partial charge on any atom is -0.485 e. The van der Waals surface area contributed by atoms with Crippen LogP contribution in [0.5, 0.6) is 5.75 Å². The van der Waals surface area contributed by atoms with Crippen molar-refractivity contribution in [2.75, 3.05) is 0 Å². The van der Waals surface area contributed by atoms with Gasteiger partial charge >= 0.3 is 0 Å². The van der Waals surface area contributed by atoms with Crippen LogP contribution in [0.1, 0.15) is 17.0 Å². The van der Waals surface area contributed by atoms with Crippen molar-refractivity contribution in [3.63, 3.8) is 0 Å². The van der Waals surface area contributed by atoms with Gasteiger partial charge in [-0.25, -0.2) is 15.0 Å². The standard InChI is InChI=1S/C47H31N3O/c1-3-10-36-28-38(26-18-30(36)8-1)32-16-22-34(23-17-32)45-48-46(50-47(49-45)39-27-19-31-9-2-4-11-37(31)29-39)35-24-20-33(21-25-35)40-13-7-15-43-44(40)41-12-5-6-14-42(41)51-43/h1-29,43-44H. The first kappa shape index (κ1) is 29.3. The Morgan fingerprint density at radius 2 is 0.902 bits per heavy atom. The van der Waals surface area contributed by atoms with Crippen molar-refractivity contribution < 1.29 is 4.74 Å². The molecule has 4 nitrogen and oxygen atoms in total. The van der Waals surface area contributed by atoms with E-state index in [0.717, 1.165) is 39.0 Å². The highest BCUT2D eigenvalue weighted by atomic mass is 16.5. The van der Waals surface area contributed by atoms with E-state index in [1.165, 1.54) is 32.9 Å². The molecular formula is C47H31N3O. The average Bonchev–Trinajstić information content (AvgIpc) is 3.59. The largest absolute Gasteiger partial charge is 0.485 e. The van der Waals surface area contributed by atoms with Crippen molar-refractivity contribution in [1.29, 1.82) is 0 Å². The van der Waals surface area contributed by atoms with Gasteiger partial charge in [-0.1, -0.05) is 152 Å². The van der Waals surface area contributed by atoms with Gasteiger partial charge in [-0.2, -0.15) is 0 Å². The van der Waals surface area contributed by atoms with E-state index in [9.17, 15) is 0 Å². The SMILES string of the molecule is C1=CC2Oc3ccccc3C2C(c2ccc(-c3nc(-c4ccc(-c5ccc6ccccc6c5)cc4)nc(-c4ccc5ccccc5c4)n3)cc2)=C1. The molecule has 0 bridgehead atoms. The van der Waals surface area contributed by atoms with E-state index in [1.807, 2.05) is 6.07 Å². The molecule has 1 aliphatic heterocycles. The summed E-state index contributed by atoms with van der Waals surface area (Å²) in [4.78, 5) is 15.2. The monoisotopic (exact) mass is 653 g/mol. The number of fused-ring (bicyclic) bond motifs is 5. The smallest absolute Gasteiger partial charge is 0.164 e. The van der Waals surface area contributed by atoms with Crippen LogP contribution < -0.4 is 4.74 Å². The van der Waals surface area contributed by atoms with E-state index in [2.05, 4.69) is 170 Å². The van der Waals surface area contributed by atoms with Gasteiger partial charge in [-0.05, 0) is 68.1 Å². The molecule has 1 aromatic heterocycles. The van der Waals surface area contributed by atoms with E-state index in [1.54, 1.807) is 0 Å². The maximum atomic E-state index is 6.29. The lowest BCUT2D eigenvalue weighted by atomic mass is 9.81. The highest BCUT2D eigenvalue weighted by molar-refractivity contribution is 5.88. The first-order valence-electron chi connectivity index (χ1n) is 17.3. The number of rotatable bonds is 5. The van der Waals surface area contributed by atoms with Crippen molar-refractivity contribution >= 4 is 27.1 Å². The lowest BCUT2D eigenvalue weighted by molar-refractivity contribution is 0.271. The number of ether oxygens (including phenoxy) is 1. The Balaban J connectivity index is 1.03. The molecule has 8 aromatic rings. The first-order chi connectivity index (χ1) is 25.2. The fraction of sp³-hybridized carbons (Fsp3) is 0.0426. The summed E-state index contributed by atoms with van der Waals surface area (Å²) >= 11 is 0. The van der Waals surface area contributed by atoms with Crippen molar-refractivity contribution in [3.8, 4) is 51.0 Å². The van der Waals surface area contributed by atoms with Gasteiger partial charge < -0.3 is 4.74 Å². The Labute approximate surface area is 296 Å². The zero-order valence-electron chi connectivity index (χ0n) is 27.6. The van der Waals surface area contributed by atoms with Gasteiger partial charge in [0, 0.05) is 22.3 Å². The number of hydrogen-bond acceptors (Lipinski definition) is 4. The molecule has 0 spiro atoms. The molecule has 4 heteroatoms. The van der Waals surface area contributed by atoms with Gasteiger partial charge in [0.15, 0.2) is 17.5 Å². The number of hydrogen-bond donors (Lipinski definition) is 0. The van der Waals surface area contributed by atoms with Gasteiger partial charge in [0.05, 0.1) is 5.92 Å². The molecule has 0 saturated heterocycles. The lowest BCUT2D eigenvalue weighted by Crippen LogP contribution is -2.19. The summed E-state index contributed by atoms with van der Waals surface area (Å²) in [5.74, 6) is 3.05. The molecule has 2 heterocycles. The third-order valence-corrected chi connectivity index (χ3v) is 10.1. The first-order valence-corrected chi connectivity index (χ1v) is 17.3. The lowest BCUT2D eigenvalue weighted by Gasteiger charge is -2.23. The molecule has 0 N–H and O–H groups in total. The van der Waals surface area contributed by atoms with E-state index in [0.29, 0.717) is 17.5 Å². The number of para-hydroxylation sites is 1. The third kappa shape index (κ3) is 5.29. The summed E-state index contributed by atoms with van der Waals surface area (Å²) in [5, 5.41) is 4.79. The highest BCUT2D eigenvalue weighted by Crippen LogP contribution is 2.47. The Morgan fingerprint density at radius 1 is 0.412 bits per heavy atom. The van der Waals surface area contributed by atoms with E-state index in [4.69, 9.17) is 19.7 Å². The average molecular weight is 654 g/mol. The summed E-state index contributed by atoms with van der Waals surface area (Å²) in [5.41, 5.74) is 8.79. The molecule has 2 atom stereocenters. The Bertz CT molecular complexity index is 2670. The van der Waals surface area contributed by atoms with E-state index < -0.39 is 0 Å². The van der Waals surface area contributed by atoms with Crippen molar-refractivity contribution in [1.82, 2.24) is 15.0 Å². The second-order valence-electron chi connectivity index (χ2n) is 13.2. The van der Waals surface area contributed by atoms with Gasteiger partial charge in [0.25, 0.3) is 0 Å². The molecule has 0 radical (unpaired) electrons. The molecular weight excluding hydrogens is 623 g/mol. The molecule has 7 aromatic carbocycles. The van der Waals surface area contributed by atoms with Gasteiger partial charge in [-0.3, -0.25) is 0 Å². The van der Waals surface area contributed by atoms with E-state index >= 15 is 0 Å². The molecule has 10 rings (SSSR count). The maximum absolute atomic E-state index is 6.29. The molecule has 2 aliphatic rings. The summed E-state index contributed by atoms with van der Waals surface area (Å²) in [7, 11) is 0. The molecule has 0 fully saturated rings. The molecule has 240 valence electrons. The second-order valence-corrected chi connectivity index (χ2v) is 13.2. The summed E-state index contributed by atoms with van der Waals surface area (Å²) < 4.78 is 6.29. The summed E-state index contributed by atoms with van der Waals surface area (Å²) in [6, 6.07) is 55.3. The normalized spacial score (nSPS) is 16.0. The fourth-order valence-electron chi connectivity index (χ4n) is 7.46. The van der Waals surface area contributed by atoms with Gasteiger partial charge in [0.2, 0.25) is 0 Å². The van der Waals surface area contributed by atoms with Crippen LogP contribution in [0.15, 0.2) is 176 Å². The van der Waals surface area contributed by atoms with Crippen LogP contribution in [0, 0.1) is 0 Å². The molecule has 0 saturated carbocycles. The topological polar surface area (TPSA) is 47.9 Å². The predicted molar refractivity (Wildman–Crippen MR) is 207 cm³/mol. The van der Waals surface area contributed by atoms with Crippen LogP contribution in [-0.4, -0.2) is 21.1 Å².